The first-order valence-corrected chi connectivity index (χ1v) is 4.14. The largest absolute Gasteiger partial charge is 0.302 e. The van der Waals surface area contributed by atoms with Gasteiger partial charge >= 0.3 is 0 Å². The summed E-state index contributed by atoms with van der Waals surface area (Å²) in [6.45, 7) is 4.99. The van der Waals surface area contributed by atoms with Crippen LogP contribution in [0.3, 0.4) is 0 Å². The Bertz CT molecular complexity index is 239. The Morgan fingerprint density at radius 2 is 2.17 bits per heavy atom. The molecular weight excluding hydrogens is 152 g/mol. The van der Waals surface area contributed by atoms with Gasteiger partial charge in [0, 0.05) is 6.04 Å². The SMILES string of the molecule is CC(C)n1cnc(CN(C)C)n1. The maximum Gasteiger partial charge on any atom is 0.164 e. The third-order valence-corrected chi connectivity index (χ3v) is 1.54. The van der Waals surface area contributed by atoms with Crippen LogP contribution in [0, 0.1) is 0 Å². The molecule has 0 spiro atoms. The lowest BCUT2D eigenvalue weighted by Crippen LogP contribution is -2.12. The number of hydrogen-bond acceptors (Lipinski definition) is 3. The van der Waals surface area contributed by atoms with E-state index in [0.717, 1.165) is 12.4 Å². The quantitative estimate of drug-likeness (QED) is 0.673. The van der Waals surface area contributed by atoms with Crippen molar-refractivity contribution < 1.29 is 0 Å². The van der Waals surface area contributed by atoms with Crippen molar-refractivity contribution >= 4 is 0 Å². The average Bonchev–Trinajstić information content (AvgIpc) is 2.34. The highest BCUT2D eigenvalue weighted by atomic mass is 15.3. The second kappa shape index (κ2) is 3.67. The smallest absolute Gasteiger partial charge is 0.164 e. The van der Waals surface area contributed by atoms with Gasteiger partial charge in [-0.15, -0.1) is 0 Å². The van der Waals surface area contributed by atoms with Gasteiger partial charge in [-0.1, -0.05) is 0 Å². The zero-order chi connectivity index (χ0) is 9.14. The molecule has 0 N–H and O–H groups in total. The summed E-state index contributed by atoms with van der Waals surface area (Å²) in [5.41, 5.74) is 0. The highest BCUT2D eigenvalue weighted by Crippen LogP contribution is 2.01. The Hall–Kier alpha value is -0.900. The van der Waals surface area contributed by atoms with Crippen LogP contribution in [0.2, 0.25) is 0 Å². The van der Waals surface area contributed by atoms with Crippen molar-refractivity contribution in [2.24, 2.45) is 0 Å². The van der Waals surface area contributed by atoms with Crippen LogP contribution in [-0.2, 0) is 6.54 Å². The van der Waals surface area contributed by atoms with Crippen molar-refractivity contribution in [1.82, 2.24) is 19.7 Å². The molecule has 0 atom stereocenters. The molecule has 4 heteroatoms. The minimum atomic E-state index is 0.397. The maximum absolute atomic E-state index is 4.31. The maximum atomic E-state index is 4.31. The van der Waals surface area contributed by atoms with E-state index in [2.05, 4.69) is 28.8 Å². The van der Waals surface area contributed by atoms with Crippen molar-refractivity contribution in [1.29, 1.82) is 0 Å². The van der Waals surface area contributed by atoms with E-state index in [0.29, 0.717) is 6.04 Å². The normalized spacial score (nSPS) is 11.5. The van der Waals surface area contributed by atoms with Gasteiger partial charge in [-0.05, 0) is 27.9 Å². The zero-order valence-electron chi connectivity index (χ0n) is 8.15. The van der Waals surface area contributed by atoms with Crippen molar-refractivity contribution in [3.8, 4) is 0 Å². The number of nitrogens with zero attached hydrogens (tertiary/aromatic N) is 4. The third-order valence-electron chi connectivity index (χ3n) is 1.54. The van der Waals surface area contributed by atoms with E-state index in [1.165, 1.54) is 0 Å². The topological polar surface area (TPSA) is 34.0 Å². The third kappa shape index (κ3) is 2.30. The summed E-state index contributed by atoms with van der Waals surface area (Å²) in [7, 11) is 4.02. The molecule has 4 nitrogen and oxygen atoms in total. The molecule has 0 saturated carbocycles. The molecule has 0 aliphatic carbocycles. The molecule has 68 valence electrons. The van der Waals surface area contributed by atoms with Crippen LogP contribution in [0.5, 0.6) is 0 Å². The minimum absolute atomic E-state index is 0.397. The lowest BCUT2D eigenvalue weighted by atomic mass is 10.4. The zero-order valence-corrected chi connectivity index (χ0v) is 8.15. The molecule has 0 aliphatic rings. The van der Waals surface area contributed by atoms with Crippen LogP contribution in [0.25, 0.3) is 0 Å². The first kappa shape index (κ1) is 9.19. The van der Waals surface area contributed by atoms with Crippen molar-refractivity contribution in [3.63, 3.8) is 0 Å². The van der Waals surface area contributed by atoms with E-state index >= 15 is 0 Å². The molecule has 1 heterocycles. The van der Waals surface area contributed by atoms with Gasteiger partial charge in [0.2, 0.25) is 0 Å². The number of rotatable bonds is 3. The Labute approximate surface area is 73.2 Å². The van der Waals surface area contributed by atoms with Crippen molar-refractivity contribution in [2.75, 3.05) is 14.1 Å². The summed E-state index contributed by atoms with van der Waals surface area (Å²) in [6.07, 6.45) is 1.78. The molecule has 0 aliphatic heterocycles. The minimum Gasteiger partial charge on any atom is -0.302 e. The van der Waals surface area contributed by atoms with Gasteiger partial charge in [-0.25, -0.2) is 4.98 Å². The van der Waals surface area contributed by atoms with Gasteiger partial charge in [0.1, 0.15) is 6.33 Å². The van der Waals surface area contributed by atoms with Crippen LogP contribution in [0.4, 0.5) is 0 Å². The second-order valence-electron chi connectivity index (χ2n) is 3.47. The van der Waals surface area contributed by atoms with E-state index in [9.17, 15) is 0 Å². The van der Waals surface area contributed by atoms with Crippen LogP contribution in [0.15, 0.2) is 6.33 Å². The van der Waals surface area contributed by atoms with E-state index < -0.39 is 0 Å². The van der Waals surface area contributed by atoms with Crippen molar-refractivity contribution in [2.45, 2.75) is 26.4 Å². The standard InChI is InChI=1S/C8H16N4/c1-7(2)12-6-9-8(10-12)5-11(3)4/h6-7H,5H2,1-4H3. The molecule has 0 bridgehead atoms. The first-order chi connectivity index (χ1) is 5.59. The highest BCUT2D eigenvalue weighted by molar-refractivity contribution is 4.81. The molecule has 0 amide bonds. The van der Waals surface area contributed by atoms with Gasteiger partial charge in [-0.2, -0.15) is 5.10 Å². The molecule has 1 rings (SSSR count). The number of aromatic nitrogens is 3. The molecule has 12 heavy (non-hydrogen) atoms. The first-order valence-electron chi connectivity index (χ1n) is 4.14. The molecule has 0 fully saturated rings. The van der Waals surface area contributed by atoms with Crippen LogP contribution in [-0.4, -0.2) is 33.8 Å². The number of hydrogen-bond donors (Lipinski definition) is 0. The molecule has 1 aromatic heterocycles. The molecule has 1 aromatic rings. The van der Waals surface area contributed by atoms with Crippen LogP contribution < -0.4 is 0 Å². The second-order valence-corrected chi connectivity index (χ2v) is 3.47. The molecule has 0 saturated heterocycles. The summed E-state index contributed by atoms with van der Waals surface area (Å²) < 4.78 is 1.87. The molecule has 0 aromatic carbocycles. The van der Waals surface area contributed by atoms with Gasteiger partial charge in [-0.3, -0.25) is 4.68 Å². The predicted octanol–water partition coefficient (Wildman–Crippen LogP) is 0.921. The summed E-state index contributed by atoms with van der Waals surface area (Å²) in [6, 6.07) is 0.397. The van der Waals surface area contributed by atoms with E-state index in [1.54, 1.807) is 6.33 Å². The summed E-state index contributed by atoms with van der Waals surface area (Å²) >= 11 is 0. The lowest BCUT2D eigenvalue weighted by Gasteiger charge is -2.05. The Morgan fingerprint density at radius 3 is 2.58 bits per heavy atom. The van der Waals surface area contributed by atoms with Crippen LogP contribution >= 0.6 is 0 Å². The van der Waals surface area contributed by atoms with Gasteiger partial charge in [0.15, 0.2) is 5.82 Å². The molecule has 0 radical (unpaired) electrons. The summed E-state index contributed by atoms with van der Waals surface area (Å²) in [5, 5.41) is 4.31. The highest BCUT2D eigenvalue weighted by Gasteiger charge is 2.03. The molecular formula is C8H16N4. The van der Waals surface area contributed by atoms with Crippen LogP contribution in [0.1, 0.15) is 25.7 Å². The fourth-order valence-electron chi connectivity index (χ4n) is 0.915. The van der Waals surface area contributed by atoms with E-state index in [-0.39, 0.29) is 0 Å². The lowest BCUT2D eigenvalue weighted by molar-refractivity contribution is 0.387. The predicted molar refractivity (Wildman–Crippen MR) is 47.8 cm³/mol. The van der Waals surface area contributed by atoms with E-state index in [1.807, 2.05) is 18.8 Å². The summed E-state index contributed by atoms with van der Waals surface area (Å²) in [5.74, 6) is 0.883. The van der Waals surface area contributed by atoms with Gasteiger partial charge in [0.05, 0.1) is 6.54 Å². The Kier molecular flexibility index (Phi) is 2.81. The fourth-order valence-corrected chi connectivity index (χ4v) is 0.915. The molecule has 0 unspecified atom stereocenters. The summed E-state index contributed by atoms with van der Waals surface area (Å²) in [4.78, 5) is 6.24. The monoisotopic (exact) mass is 168 g/mol. The Morgan fingerprint density at radius 1 is 1.50 bits per heavy atom. The van der Waals surface area contributed by atoms with Crippen molar-refractivity contribution in [3.05, 3.63) is 12.2 Å². The Balaban J connectivity index is 2.64. The average molecular weight is 168 g/mol. The van der Waals surface area contributed by atoms with E-state index in [4.69, 9.17) is 0 Å². The van der Waals surface area contributed by atoms with Gasteiger partial charge in [0.25, 0.3) is 0 Å². The van der Waals surface area contributed by atoms with Gasteiger partial charge < -0.3 is 4.90 Å². The fraction of sp³-hybridized carbons (Fsp3) is 0.750.